The van der Waals surface area contributed by atoms with E-state index in [1.54, 1.807) is 18.4 Å². The molecule has 0 atom stereocenters. The lowest BCUT2D eigenvalue weighted by Gasteiger charge is -2.26. The first kappa shape index (κ1) is 20.7. The van der Waals surface area contributed by atoms with Crippen molar-refractivity contribution in [1.82, 2.24) is 15.0 Å². The van der Waals surface area contributed by atoms with E-state index < -0.39 is 0 Å². The molecule has 5 rings (SSSR count). The van der Waals surface area contributed by atoms with Gasteiger partial charge in [-0.25, -0.2) is 15.0 Å². The number of rotatable bonds is 6. The first-order valence-electron chi connectivity index (χ1n) is 10.8. The van der Waals surface area contributed by atoms with Gasteiger partial charge in [-0.3, -0.25) is 0 Å². The average molecular weight is 448 g/mol. The molecule has 1 fully saturated rings. The number of aliphatic hydroxyl groups excluding tert-OH is 1. The summed E-state index contributed by atoms with van der Waals surface area (Å²) in [5.74, 6) is 2.20. The van der Waals surface area contributed by atoms with Gasteiger partial charge in [-0.2, -0.15) is 0 Å². The van der Waals surface area contributed by atoms with Crippen LogP contribution in [-0.2, 0) is 0 Å². The highest BCUT2D eigenvalue weighted by Crippen LogP contribution is 2.32. The molecule has 0 amide bonds. The number of anilines is 3. The van der Waals surface area contributed by atoms with E-state index in [1.165, 1.54) is 0 Å². The number of thiazole rings is 1. The average Bonchev–Trinajstić information content (AvgIpc) is 3.22. The molecule has 3 heterocycles. The predicted molar refractivity (Wildman–Crippen MR) is 129 cm³/mol. The number of nitrogens with zero attached hydrogens (tertiary/aromatic N) is 3. The molecule has 0 saturated heterocycles. The second kappa shape index (κ2) is 9.10. The molecule has 0 aliphatic heterocycles. The maximum absolute atomic E-state index is 9.70. The molecule has 4 aromatic rings. The molecule has 0 bridgehead atoms. The number of hydrogen-bond donors (Lipinski definition) is 3. The molecule has 3 aromatic heterocycles. The third-order valence-corrected chi connectivity index (χ3v) is 6.63. The molecule has 164 valence electrons. The van der Waals surface area contributed by atoms with Gasteiger partial charge in [0.05, 0.1) is 23.4 Å². The summed E-state index contributed by atoms with van der Waals surface area (Å²) in [4.78, 5) is 13.7. The van der Waals surface area contributed by atoms with Gasteiger partial charge in [0.1, 0.15) is 11.6 Å². The van der Waals surface area contributed by atoms with Crippen LogP contribution in [-0.4, -0.2) is 39.3 Å². The molecule has 7 nitrogen and oxygen atoms in total. The number of aromatic nitrogens is 3. The van der Waals surface area contributed by atoms with Crippen molar-refractivity contribution in [3.63, 3.8) is 0 Å². The van der Waals surface area contributed by atoms with Crippen molar-refractivity contribution in [2.45, 2.75) is 37.8 Å². The lowest BCUT2D eigenvalue weighted by molar-refractivity contribution is 0.126. The Morgan fingerprint density at radius 2 is 1.78 bits per heavy atom. The minimum atomic E-state index is -0.158. The highest BCUT2D eigenvalue weighted by atomic mass is 32.1. The van der Waals surface area contributed by atoms with Crippen LogP contribution < -0.4 is 15.4 Å². The van der Waals surface area contributed by atoms with Crippen LogP contribution in [0.2, 0.25) is 0 Å². The van der Waals surface area contributed by atoms with Gasteiger partial charge in [-0.1, -0.05) is 23.5 Å². The Bertz CT molecular complexity index is 1200. The molecular weight excluding hydrogens is 422 g/mol. The van der Waals surface area contributed by atoms with Gasteiger partial charge in [0.15, 0.2) is 5.13 Å². The standard InChI is InChI=1S/C24H25N5O2S/c1-31-23-12-6-16(14-25-23)15-5-11-19-20(13-15)32-24(27-19)29-22-4-2-3-21(28-22)26-17-7-9-18(30)10-8-17/h2-6,11-14,17-18,30H,7-10H2,1H3,(H2,26,27,28,29). The molecule has 0 spiro atoms. The van der Waals surface area contributed by atoms with E-state index in [-0.39, 0.29) is 6.10 Å². The lowest BCUT2D eigenvalue weighted by atomic mass is 9.93. The third kappa shape index (κ3) is 4.66. The number of pyridine rings is 2. The van der Waals surface area contributed by atoms with Crippen molar-refractivity contribution in [3.8, 4) is 17.0 Å². The fraction of sp³-hybridized carbons (Fsp3) is 0.292. The van der Waals surface area contributed by atoms with Crippen molar-refractivity contribution in [2.24, 2.45) is 0 Å². The fourth-order valence-electron chi connectivity index (χ4n) is 3.95. The zero-order valence-electron chi connectivity index (χ0n) is 17.8. The van der Waals surface area contributed by atoms with Crippen molar-refractivity contribution in [3.05, 3.63) is 54.7 Å². The number of aliphatic hydroxyl groups is 1. The highest BCUT2D eigenvalue weighted by molar-refractivity contribution is 7.22. The Balaban J connectivity index is 1.31. The van der Waals surface area contributed by atoms with Gasteiger partial charge < -0.3 is 20.5 Å². The summed E-state index contributed by atoms with van der Waals surface area (Å²) >= 11 is 1.59. The van der Waals surface area contributed by atoms with Gasteiger partial charge in [0.25, 0.3) is 0 Å². The first-order chi connectivity index (χ1) is 15.7. The molecule has 1 aromatic carbocycles. The zero-order valence-corrected chi connectivity index (χ0v) is 18.6. The lowest BCUT2D eigenvalue weighted by Crippen LogP contribution is -2.28. The van der Waals surface area contributed by atoms with E-state index in [0.717, 1.165) is 63.8 Å². The zero-order chi connectivity index (χ0) is 21.9. The monoisotopic (exact) mass is 447 g/mol. The van der Waals surface area contributed by atoms with Gasteiger partial charge in [0.2, 0.25) is 5.88 Å². The van der Waals surface area contributed by atoms with E-state index in [0.29, 0.717) is 11.9 Å². The number of benzene rings is 1. The van der Waals surface area contributed by atoms with E-state index in [4.69, 9.17) is 14.7 Å². The van der Waals surface area contributed by atoms with Crippen LogP contribution in [0.15, 0.2) is 54.7 Å². The minimum absolute atomic E-state index is 0.158. The summed E-state index contributed by atoms with van der Waals surface area (Å²) in [5.41, 5.74) is 3.06. The van der Waals surface area contributed by atoms with Gasteiger partial charge in [-0.15, -0.1) is 0 Å². The summed E-state index contributed by atoms with van der Waals surface area (Å²) in [6, 6.07) is 16.3. The summed E-state index contributed by atoms with van der Waals surface area (Å²) in [7, 11) is 1.61. The maximum Gasteiger partial charge on any atom is 0.212 e. The van der Waals surface area contributed by atoms with Crippen LogP contribution >= 0.6 is 11.3 Å². The number of hydrogen-bond acceptors (Lipinski definition) is 8. The van der Waals surface area contributed by atoms with Crippen molar-refractivity contribution < 1.29 is 9.84 Å². The van der Waals surface area contributed by atoms with Crippen LogP contribution in [0.5, 0.6) is 5.88 Å². The molecule has 0 unspecified atom stereocenters. The molecule has 0 radical (unpaired) electrons. The van der Waals surface area contributed by atoms with Gasteiger partial charge in [0, 0.05) is 23.9 Å². The van der Waals surface area contributed by atoms with Gasteiger partial charge in [-0.05, 0) is 61.6 Å². The van der Waals surface area contributed by atoms with E-state index in [2.05, 4.69) is 27.8 Å². The summed E-state index contributed by atoms with van der Waals surface area (Å²) in [5, 5.41) is 17.3. The SMILES string of the molecule is COc1ccc(-c2ccc3nc(Nc4cccc(NC5CCC(O)CC5)n4)sc3c2)cn1. The Morgan fingerprint density at radius 3 is 2.56 bits per heavy atom. The fourth-order valence-corrected chi connectivity index (χ4v) is 4.87. The van der Waals surface area contributed by atoms with Crippen molar-refractivity contribution >= 4 is 38.3 Å². The second-order valence-corrected chi connectivity index (χ2v) is 9.00. The van der Waals surface area contributed by atoms with Crippen LogP contribution in [0.25, 0.3) is 21.3 Å². The van der Waals surface area contributed by atoms with E-state index in [1.807, 2.05) is 42.6 Å². The quantitative estimate of drug-likeness (QED) is 0.373. The minimum Gasteiger partial charge on any atom is -0.481 e. The number of nitrogens with one attached hydrogen (secondary N) is 2. The third-order valence-electron chi connectivity index (χ3n) is 5.70. The van der Waals surface area contributed by atoms with Crippen molar-refractivity contribution in [1.29, 1.82) is 0 Å². The molecule has 3 N–H and O–H groups in total. The maximum atomic E-state index is 9.70. The Labute approximate surface area is 190 Å². The Hall–Kier alpha value is -3.23. The topological polar surface area (TPSA) is 92.2 Å². The second-order valence-electron chi connectivity index (χ2n) is 7.97. The van der Waals surface area contributed by atoms with E-state index in [9.17, 15) is 5.11 Å². The number of methoxy groups -OCH3 is 1. The van der Waals surface area contributed by atoms with E-state index >= 15 is 0 Å². The Kier molecular flexibility index (Phi) is 5.87. The van der Waals surface area contributed by atoms with Crippen molar-refractivity contribution in [2.75, 3.05) is 17.7 Å². The summed E-state index contributed by atoms with van der Waals surface area (Å²) < 4.78 is 6.24. The summed E-state index contributed by atoms with van der Waals surface area (Å²) in [6.07, 6.45) is 5.27. The first-order valence-corrected chi connectivity index (χ1v) is 11.6. The normalized spacial score (nSPS) is 18.4. The number of fused-ring (bicyclic) bond motifs is 1. The Morgan fingerprint density at radius 1 is 0.969 bits per heavy atom. The number of ether oxygens (including phenoxy) is 1. The molecular formula is C24H25N5O2S. The smallest absolute Gasteiger partial charge is 0.212 e. The van der Waals surface area contributed by atoms with Crippen LogP contribution in [0.3, 0.4) is 0 Å². The highest BCUT2D eigenvalue weighted by Gasteiger charge is 2.19. The molecule has 8 heteroatoms. The molecule has 1 aliphatic carbocycles. The molecule has 32 heavy (non-hydrogen) atoms. The molecule has 1 saturated carbocycles. The van der Waals surface area contributed by atoms with Crippen LogP contribution in [0.4, 0.5) is 16.8 Å². The van der Waals surface area contributed by atoms with Crippen LogP contribution in [0, 0.1) is 0 Å². The largest absolute Gasteiger partial charge is 0.481 e. The predicted octanol–water partition coefficient (Wildman–Crippen LogP) is 5.22. The van der Waals surface area contributed by atoms with Gasteiger partial charge >= 0.3 is 0 Å². The van der Waals surface area contributed by atoms with Crippen LogP contribution in [0.1, 0.15) is 25.7 Å². The molecule has 1 aliphatic rings. The summed E-state index contributed by atoms with van der Waals surface area (Å²) in [6.45, 7) is 0.